The summed E-state index contributed by atoms with van der Waals surface area (Å²) in [5.41, 5.74) is 0. The van der Waals surface area contributed by atoms with Crippen LogP contribution in [0.4, 0.5) is 0 Å². The van der Waals surface area contributed by atoms with Crippen molar-refractivity contribution in [2.24, 2.45) is 11.8 Å². The van der Waals surface area contributed by atoms with E-state index in [1.54, 1.807) is 0 Å². The first-order valence-electron chi connectivity index (χ1n) is 7.29. The van der Waals surface area contributed by atoms with Gasteiger partial charge in [-0.1, -0.05) is 26.7 Å². The van der Waals surface area contributed by atoms with Gasteiger partial charge in [0.2, 0.25) is 5.91 Å². The minimum atomic E-state index is 0.272. The summed E-state index contributed by atoms with van der Waals surface area (Å²) < 4.78 is 0. The van der Waals surface area contributed by atoms with Gasteiger partial charge in [-0.15, -0.1) is 0 Å². The molecule has 0 saturated carbocycles. The second kappa shape index (κ2) is 5.85. The number of unbranched alkanes of at least 4 members (excludes halogenated alkanes) is 1. The van der Waals surface area contributed by atoms with E-state index in [1.165, 1.54) is 19.3 Å². The zero-order chi connectivity index (χ0) is 12.3. The van der Waals surface area contributed by atoms with Crippen LogP contribution in [-0.4, -0.2) is 36.5 Å². The van der Waals surface area contributed by atoms with E-state index >= 15 is 0 Å². The molecule has 3 heteroatoms. The van der Waals surface area contributed by atoms with Crippen LogP contribution < -0.4 is 5.32 Å². The van der Waals surface area contributed by atoms with Crippen LogP contribution in [0.5, 0.6) is 0 Å². The second-order valence-corrected chi connectivity index (χ2v) is 5.55. The van der Waals surface area contributed by atoms with E-state index in [2.05, 4.69) is 24.1 Å². The number of amides is 1. The van der Waals surface area contributed by atoms with Crippen molar-refractivity contribution in [1.82, 2.24) is 10.2 Å². The average Bonchev–Trinajstić information content (AvgIpc) is 2.91. The molecule has 98 valence electrons. The van der Waals surface area contributed by atoms with E-state index in [1.807, 2.05) is 0 Å². The monoisotopic (exact) mass is 238 g/mol. The summed E-state index contributed by atoms with van der Waals surface area (Å²) in [6, 6.07) is 0.498. The fraction of sp³-hybridized carbons (Fsp3) is 0.929. The Morgan fingerprint density at radius 1 is 1.41 bits per heavy atom. The van der Waals surface area contributed by atoms with E-state index in [9.17, 15) is 4.79 Å². The summed E-state index contributed by atoms with van der Waals surface area (Å²) in [5.74, 6) is 1.43. The van der Waals surface area contributed by atoms with E-state index < -0.39 is 0 Å². The van der Waals surface area contributed by atoms with Crippen molar-refractivity contribution in [1.29, 1.82) is 0 Å². The van der Waals surface area contributed by atoms with Crippen molar-refractivity contribution in [2.75, 3.05) is 19.6 Å². The lowest BCUT2D eigenvalue weighted by atomic mass is 9.97. The molecule has 1 unspecified atom stereocenters. The zero-order valence-corrected chi connectivity index (χ0v) is 11.2. The topological polar surface area (TPSA) is 32.3 Å². The molecule has 3 atom stereocenters. The average molecular weight is 238 g/mol. The number of carbonyl (C=O) groups is 1. The van der Waals surface area contributed by atoms with Crippen LogP contribution in [0.15, 0.2) is 0 Å². The van der Waals surface area contributed by atoms with E-state index in [4.69, 9.17) is 0 Å². The van der Waals surface area contributed by atoms with Crippen molar-refractivity contribution in [3.8, 4) is 0 Å². The van der Waals surface area contributed by atoms with Crippen LogP contribution in [0.3, 0.4) is 0 Å². The molecule has 0 aromatic carbocycles. The van der Waals surface area contributed by atoms with Crippen molar-refractivity contribution in [3.05, 3.63) is 0 Å². The highest BCUT2D eigenvalue weighted by Crippen LogP contribution is 2.29. The number of rotatable bonds is 5. The summed E-state index contributed by atoms with van der Waals surface area (Å²) in [4.78, 5) is 14.7. The van der Waals surface area contributed by atoms with Gasteiger partial charge in [-0.3, -0.25) is 4.79 Å². The highest BCUT2D eigenvalue weighted by molar-refractivity contribution is 5.79. The molecule has 0 spiro atoms. The fourth-order valence-electron chi connectivity index (χ4n) is 3.31. The molecule has 1 amide bonds. The molecule has 1 N–H and O–H groups in total. The first-order valence-corrected chi connectivity index (χ1v) is 7.29. The maximum atomic E-state index is 12.5. The van der Waals surface area contributed by atoms with E-state index in [-0.39, 0.29) is 5.92 Å². The van der Waals surface area contributed by atoms with Crippen LogP contribution in [0.1, 0.15) is 46.0 Å². The summed E-state index contributed by atoms with van der Waals surface area (Å²) in [6.07, 6.45) is 5.66. The lowest BCUT2D eigenvalue weighted by Crippen LogP contribution is -2.42. The maximum Gasteiger partial charge on any atom is 0.225 e. The third-order valence-corrected chi connectivity index (χ3v) is 4.48. The van der Waals surface area contributed by atoms with Gasteiger partial charge in [-0.05, 0) is 25.2 Å². The second-order valence-electron chi connectivity index (χ2n) is 5.55. The zero-order valence-electron chi connectivity index (χ0n) is 11.2. The third kappa shape index (κ3) is 2.65. The molecule has 0 aliphatic carbocycles. The molecular formula is C14H26N2O. The molecule has 2 heterocycles. The van der Waals surface area contributed by atoms with Crippen LogP contribution in [0.25, 0.3) is 0 Å². The Morgan fingerprint density at radius 2 is 2.24 bits per heavy atom. The van der Waals surface area contributed by atoms with Crippen molar-refractivity contribution >= 4 is 5.91 Å². The normalized spacial score (nSPS) is 29.4. The predicted octanol–water partition coefficient (Wildman–Crippen LogP) is 2.02. The molecule has 3 nitrogen and oxygen atoms in total. The first kappa shape index (κ1) is 12.9. The van der Waals surface area contributed by atoms with Gasteiger partial charge >= 0.3 is 0 Å². The predicted molar refractivity (Wildman–Crippen MR) is 69.8 cm³/mol. The Balaban J connectivity index is 1.93. The van der Waals surface area contributed by atoms with E-state index in [0.29, 0.717) is 11.9 Å². The van der Waals surface area contributed by atoms with Crippen LogP contribution in [0, 0.1) is 11.8 Å². The number of nitrogens with zero attached hydrogens (tertiary/aromatic N) is 1. The maximum absolute atomic E-state index is 12.5. The standard InChI is InChI=1S/C14H26N2O/c1-3-5-6-11(4-2)14(17)16-8-7-12-9-15-10-13(12)16/h11-13,15H,3-10H2,1-2H3/t11?,12-,13+/m1/s1. The number of likely N-dealkylation sites (tertiary alicyclic amines) is 1. The number of hydrogen-bond donors (Lipinski definition) is 1. The molecule has 2 saturated heterocycles. The van der Waals surface area contributed by atoms with Crippen LogP contribution in [0.2, 0.25) is 0 Å². The Hall–Kier alpha value is -0.570. The third-order valence-electron chi connectivity index (χ3n) is 4.48. The largest absolute Gasteiger partial charge is 0.338 e. The molecule has 2 rings (SSSR count). The summed E-state index contributed by atoms with van der Waals surface area (Å²) in [6.45, 7) is 7.47. The summed E-state index contributed by atoms with van der Waals surface area (Å²) >= 11 is 0. The van der Waals surface area contributed by atoms with Crippen LogP contribution in [-0.2, 0) is 4.79 Å². The molecule has 17 heavy (non-hydrogen) atoms. The number of fused-ring (bicyclic) bond motifs is 1. The summed E-state index contributed by atoms with van der Waals surface area (Å²) in [7, 11) is 0. The van der Waals surface area contributed by atoms with Gasteiger partial charge in [0.15, 0.2) is 0 Å². The molecule has 2 aliphatic heterocycles. The van der Waals surface area contributed by atoms with Gasteiger partial charge < -0.3 is 10.2 Å². The molecule has 2 aliphatic rings. The highest BCUT2D eigenvalue weighted by Gasteiger charge is 2.41. The fourth-order valence-corrected chi connectivity index (χ4v) is 3.31. The van der Waals surface area contributed by atoms with Gasteiger partial charge in [0.05, 0.1) is 0 Å². The minimum absolute atomic E-state index is 0.272. The number of hydrogen-bond acceptors (Lipinski definition) is 2. The number of nitrogens with one attached hydrogen (secondary N) is 1. The lowest BCUT2D eigenvalue weighted by Gasteiger charge is -2.27. The SMILES string of the molecule is CCCCC(CC)C(=O)N1CC[C@@H]2CNC[C@@H]21. The van der Waals surface area contributed by atoms with Crippen molar-refractivity contribution < 1.29 is 4.79 Å². The number of carbonyl (C=O) groups excluding carboxylic acids is 1. The van der Waals surface area contributed by atoms with Crippen LogP contribution >= 0.6 is 0 Å². The minimum Gasteiger partial charge on any atom is -0.338 e. The Kier molecular flexibility index (Phi) is 4.43. The molecule has 2 fully saturated rings. The first-order chi connectivity index (χ1) is 8.27. The van der Waals surface area contributed by atoms with Gasteiger partial charge in [0, 0.05) is 31.6 Å². The van der Waals surface area contributed by atoms with Gasteiger partial charge in [0.25, 0.3) is 0 Å². The van der Waals surface area contributed by atoms with Crippen molar-refractivity contribution in [3.63, 3.8) is 0 Å². The molecular weight excluding hydrogens is 212 g/mol. The van der Waals surface area contributed by atoms with E-state index in [0.717, 1.165) is 38.4 Å². The molecule has 0 aromatic rings. The van der Waals surface area contributed by atoms with Crippen molar-refractivity contribution in [2.45, 2.75) is 52.0 Å². The highest BCUT2D eigenvalue weighted by atomic mass is 16.2. The molecule has 0 radical (unpaired) electrons. The smallest absolute Gasteiger partial charge is 0.225 e. The van der Waals surface area contributed by atoms with Gasteiger partial charge in [-0.2, -0.15) is 0 Å². The summed E-state index contributed by atoms with van der Waals surface area (Å²) in [5, 5.41) is 3.42. The molecule has 0 aromatic heterocycles. The Labute approximate surface area is 105 Å². The Bertz CT molecular complexity index is 267. The molecule has 0 bridgehead atoms. The lowest BCUT2D eigenvalue weighted by molar-refractivity contribution is -0.136. The Morgan fingerprint density at radius 3 is 2.94 bits per heavy atom. The quantitative estimate of drug-likeness (QED) is 0.795. The van der Waals surface area contributed by atoms with Gasteiger partial charge in [-0.25, -0.2) is 0 Å². The van der Waals surface area contributed by atoms with Gasteiger partial charge in [0.1, 0.15) is 0 Å².